The van der Waals surface area contributed by atoms with Crippen molar-refractivity contribution in [3.63, 3.8) is 0 Å². The third-order valence-electron chi connectivity index (χ3n) is 4.19. The number of carbonyl (C=O) groups excluding carboxylic acids is 1. The van der Waals surface area contributed by atoms with Crippen molar-refractivity contribution in [2.45, 2.75) is 6.92 Å². The van der Waals surface area contributed by atoms with E-state index in [-0.39, 0.29) is 0 Å². The van der Waals surface area contributed by atoms with Crippen molar-refractivity contribution in [2.24, 2.45) is 5.16 Å². The molecule has 0 saturated carbocycles. The van der Waals surface area contributed by atoms with E-state index in [0.29, 0.717) is 27.8 Å². The topological polar surface area (TPSA) is 51.8 Å². The Bertz CT molecular complexity index is 1050. The largest absolute Gasteiger partial charge is 0.457 e. The molecule has 1 aromatic heterocycles. The van der Waals surface area contributed by atoms with Crippen LogP contribution in [0, 0.1) is 6.92 Å². The van der Waals surface area contributed by atoms with Gasteiger partial charge in [-0.3, -0.25) is 0 Å². The van der Waals surface area contributed by atoms with E-state index in [0.717, 1.165) is 16.7 Å². The van der Waals surface area contributed by atoms with Gasteiger partial charge in [0.25, 0.3) is 0 Å². The molecule has 0 N–H and O–H groups in total. The average Bonchev–Trinajstić information content (AvgIpc) is 3.26. The van der Waals surface area contributed by atoms with Gasteiger partial charge in [-0.05, 0) is 36.8 Å². The number of hydrogen-bond acceptors (Lipinski definition) is 4. The van der Waals surface area contributed by atoms with Crippen LogP contribution >= 0.6 is 11.6 Å². The number of benzene rings is 2. The lowest BCUT2D eigenvalue weighted by atomic mass is 10.0. The minimum Gasteiger partial charge on any atom is -0.457 e. The third-order valence-corrected chi connectivity index (χ3v) is 4.60. The second-order valence-electron chi connectivity index (χ2n) is 5.86. The van der Waals surface area contributed by atoms with Crippen LogP contribution in [0.4, 0.5) is 0 Å². The first-order valence-corrected chi connectivity index (χ1v) is 8.43. The number of rotatable bonds is 3. The van der Waals surface area contributed by atoms with Gasteiger partial charge in [0.2, 0.25) is 0 Å². The molecule has 1 aliphatic rings. The Morgan fingerprint density at radius 2 is 1.81 bits per heavy atom. The first-order valence-electron chi connectivity index (χ1n) is 8.05. The van der Waals surface area contributed by atoms with E-state index >= 15 is 0 Å². The zero-order chi connectivity index (χ0) is 18.1. The van der Waals surface area contributed by atoms with Crippen LogP contribution in [-0.4, -0.2) is 11.7 Å². The van der Waals surface area contributed by atoms with Gasteiger partial charge in [0.15, 0.2) is 0 Å². The summed E-state index contributed by atoms with van der Waals surface area (Å²) in [5, 5.41) is 4.57. The van der Waals surface area contributed by atoms with Crippen molar-refractivity contribution in [2.75, 3.05) is 0 Å². The monoisotopic (exact) mass is 363 g/mol. The van der Waals surface area contributed by atoms with E-state index in [9.17, 15) is 4.79 Å². The summed E-state index contributed by atoms with van der Waals surface area (Å²) >= 11 is 6.18. The molecule has 26 heavy (non-hydrogen) atoms. The summed E-state index contributed by atoms with van der Waals surface area (Å²) in [6.45, 7) is 1.94. The highest BCUT2D eigenvalue weighted by Crippen LogP contribution is 2.31. The lowest BCUT2D eigenvalue weighted by Crippen LogP contribution is -2.06. The van der Waals surface area contributed by atoms with Gasteiger partial charge in [0.1, 0.15) is 17.2 Å². The highest BCUT2D eigenvalue weighted by molar-refractivity contribution is 6.32. The van der Waals surface area contributed by atoms with Gasteiger partial charge in [-0.1, -0.05) is 59.2 Å². The van der Waals surface area contributed by atoms with E-state index in [1.54, 1.807) is 12.1 Å². The fourth-order valence-electron chi connectivity index (χ4n) is 2.81. The minimum absolute atomic E-state index is 0.361. The number of oxime groups is 1. The molecular formula is C21H14ClNO3. The maximum Gasteiger partial charge on any atom is 0.368 e. The summed E-state index contributed by atoms with van der Waals surface area (Å²) in [5.74, 6) is 0.721. The molecule has 0 atom stereocenters. The Morgan fingerprint density at radius 1 is 1.00 bits per heavy atom. The predicted molar refractivity (Wildman–Crippen MR) is 101 cm³/mol. The van der Waals surface area contributed by atoms with Gasteiger partial charge < -0.3 is 9.25 Å². The standard InChI is InChI=1S/C21H14ClNO3/c1-13-16(8-5-9-18(13)22)19-11-10-15(25-19)12-17-20(23-26-21(17)24)14-6-3-2-4-7-14/h2-12H,1H3. The lowest BCUT2D eigenvalue weighted by molar-refractivity contribution is -0.136. The first-order chi connectivity index (χ1) is 12.6. The number of nitrogens with zero attached hydrogens (tertiary/aromatic N) is 1. The molecule has 2 heterocycles. The Hall–Kier alpha value is -3.11. The van der Waals surface area contributed by atoms with Gasteiger partial charge in [-0.25, -0.2) is 4.79 Å². The lowest BCUT2D eigenvalue weighted by Gasteiger charge is -2.04. The summed E-state index contributed by atoms with van der Waals surface area (Å²) in [4.78, 5) is 16.9. The van der Waals surface area contributed by atoms with Crippen molar-refractivity contribution in [1.29, 1.82) is 0 Å². The van der Waals surface area contributed by atoms with Gasteiger partial charge in [-0.15, -0.1) is 0 Å². The van der Waals surface area contributed by atoms with Crippen LogP contribution in [0.1, 0.15) is 16.9 Å². The van der Waals surface area contributed by atoms with E-state index in [1.807, 2.05) is 61.5 Å². The van der Waals surface area contributed by atoms with E-state index in [4.69, 9.17) is 20.9 Å². The summed E-state index contributed by atoms with van der Waals surface area (Å²) in [5.41, 5.74) is 3.51. The molecule has 3 aromatic rings. The molecule has 0 unspecified atom stereocenters. The SMILES string of the molecule is Cc1c(Cl)cccc1-c1ccc(C=C2C(=O)ON=C2c2ccccc2)o1. The smallest absolute Gasteiger partial charge is 0.368 e. The van der Waals surface area contributed by atoms with Crippen LogP contribution in [0.5, 0.6) is 0 Å². The zero-order valence-corrected chi connectivity index (χ0v) is 14.7. The number of halogens is 1. The average molecular weight is 364 g/mol. The zero-order valence-electron chi connectivity index (χ0n) is 13.9. The van der Waals surface area contributed by atoms with Crippen molar-refractivity contribution >= 4 is 29.4 Å². The molecule has 0 fully saturated rings. The normalized spacial score (nSPS) is 15.2. The maximum atomic E-state index is 12.1. The van der Waals surface area contributed by atoms with Gasteiger partial charge in [-0.2, -0.15) is 0 Å². The molecule has 4 nitrogen and oxygen atoms in total. The second-order valence-corrected chi connectivity index (χ2v) is 6.26. The molecular weight excluding hydrogens is 350 g/mol. The molecule has 0 saturated heterocycles. The summed E-state index contributed by atoms with van der Waals surface area (Å²) < 4.78 is 5.90. The van der Waals surface area contributed by atoms with E-state index in [1.165, 1.54) is 0 Å². The molecule has 0 radical (unpaired) electrons. The van der Waals surface area contributed by atoms with E-state index < -0.39 is 5.97 Å². The molecule has 0 amide bonds. The minimum atomic E-state index is -0.499. The predicted octanol–water partition coefficient (Wildman–Crippen LogP) is 5.25. The summed E-state index contributed by atoms with van der Waals surface area (Å²) in [7, 11) is 0. The van der Waals surface area contributed by atoms with Crippen LogP contribution in [0.2, 0.25) is 5.02 Å². The van der Waals surface area contributed by atoms with Gasteiger partial charge in [0, 0.05) is 16.1 Å². The van der Waals surface area contributed by atoms with Crippen LogP contribution in [0.15, 0.2) is 75.8 Å². The van der Waals surface area contributed by atoms with Gasteiger partial charge in [0.05, 0.1) is 5.57 Å². The third kappa shape index (κ3) is 2.95. The highest BCUT2D eigenvalue weighted by Gasteiger charge is 2.27. The van der Waals surface area contributed by atoms with Crippen LogP contribution in [0.25, 0.3) is 17.4 Å². The van der Waals surface area contributed by atoms with Crippen molar-refractivity contribution in [3.05, 3.63) is 88.1 Å². The number of carbonyl (C=O) groups is 1. The number of furan rings is 1. The molecule has 0 bridgehead atoms. The summed E-state index contributed by atoms with van der Waals surface area (Å²) in [6.07, 6.45) is 1.64. The second kappa shape index (κ2) is 6.65. The Labute approximate surface area is 155 Å². The van der Waals surface area contributed by atoms with Crippen LogP contribution in [-0.2, 0) is 9.63 Å². The van der Waals surface area contributed by atoms with Crippen molar-refractivity contribution in [1.82, 2.24) is 0 Å². The summed E-state index contributed by atoms with van der Waals surface area (Å²) in [6, 6.07) is 18.7. The molecule has 1 aliphatic heterocycles. The van der Waals surface area contributed by atoms with Gasteiger partial charge >= 0.3 is 5.97 Å². The fraction of sp³-hybridized carbons (Fsp3) is 0.0476. The first kappa shape index (κ1) is 16.4. The van der Waals surface area contributed by atoms with Crippen molar-refractivity contribution < 1.29 is 14.0 Å². The molecule has 0 aliphatic carbocycles. The molecule has 4 rings (SSSR count). The Morgan fingerprint density at radius 3 is 2.62 bits per heavy atom. The van der Waals surface area contributed by atoms with Crippen LogP contribution in [0.3, 0.4) is 0 Å². The molecule has 128 valence electrons. The molecule has 5 heteroatoms. The van der Waals surface area contributed by atoms with Crippen LogP contribution < -0.4 is 0 Å². The highest BCUT2D eigenvalue weighted by atomic mass is 35.5. The van der Waals surface area contributed by atoms with E-state index in [2.05, 4.69) is 5.16 Å². The Kier molecular flexibility index (Phi) is 4.19. The molecule has 2 aromatic carbocycles. The Balaban J connectivity index is 1.70. The molecule has 0 spiro atoms. The quantitative estimate of drug-likeness (QED) is 0.471. The number of hydrogen-bond donors (Lipinski definition) is 0. The van der Waals surface area contributed by atoms with Crippen molar-refractivity contribution in [3.8, 4) is 11.3 Å². The fourth-order valence-corrected chi connectivity index (χ4v) is 2.98. The maximum absolute atomic E-state index is 12.1.